The molecule has 0 heterocycles. The highest BCUT2D eigenvalue weighted by Gasteiger charge is 2.17. The maximum Gasteiger partial charge on any atom is 0.337 e. The number of para-hydroxylation sites is 2. The van der Waals surface area contributed by atoms with Crippen LogP contribution < -0.4 is 10.6 Å². The van der Waals surface area contributed by atoms with Crippen molar-refractivity contribution in [1.82, 2.24) is 0 Å². The number of carbonyl (C=O) groups is 1. The Bertz CT molecular complexity index is 852. The van der Waals surface area contributed by atoms with E-state index in [1.807, 2.05) is 48.5 Å². The quantitative estimate of drug-likeness (QED) is 0.618. The van der Waals surface area contributed by atoms with Gasteiger partial charge in [-0.2, -0.15) is 0 Å². The summed E-state index contributed by atoms with van der Waals surface area (Å²) in [5.41, 5.74) is 1.96. The van der Waals surface area contributed by atoms with Gasteiger partial charge in [-0.3, -0.25) is 0 Å². The number of carboxylic acid groups (broad SMARTS) is 1. The molecular formula is C19H15FN2O2. The number of aromatic carboxylic acids is 1. The Labute approximate surface area is 138 Å². The van der Waals surface area contributed by atoms with E-state index in [0.29, 0.717) is 17.1 Å². The van der Waals surface area contributed by atoms with Gasteiger partial charge in [0.1, 0.15) is 5.82 Å². The van der Waals surface area contributed by atoms with Gasteiger partial charge in [-0.15, -0.1) is 0 Å². The minimum absolute atomic E-state index is 0.141. The van der Waals surface area contributed by atoms with Crippen LogP contribution in [0.2, 0.25) is 0 Å². The highest BCUT2D eigenvalue weighted by Crippen LogP contribution is 2.33. The average Bonchev–Trinajstić information content (AvgIpc) is 2.58. The molecule has 3 rings (SSSR count). The van der Waals surface area contributed by atoms with Crippen molar-refractivity contribution >= 4 is 28.7 Å². The zero-order valence-electron chi connectivity index (χ0n) is 12.7. The van der Waals surface area contributed by atoms with Gasteiger partial charge in [0.15, 0.2) is 0 Å². The van der Waals surface area contributed by atoms with Gasteiger partial charge in [0, 0.05) is 11.4 Å². The molecule has 3 N–H and O–H groups in total. The van der Waals surface area contributed by atoms with Crippen LogP contribution in [0.3, 0.4) is 0 Å². The molecule has 0 saturated carbocycles. The Morgan fingerprint density at radius 1 is 0.833 bits per heavy atom. The Kier molecular flexibility index (Phi) is 4.43. The predicted octanol–water partition coefficient (Wildman–Crippen LogP) is 5.01. The number of hydrogen-bond acceptors (Lipinski definition) is 3. The fraction of sp³-hybridized carbons (Fsp3) is 0. The fourth-order valence-electron chi connectivity index (χ4n) is 2.35. The van der Waals surface area contributed by atoms with Crippen LogP contribution >= 0.6 is 0 Å². The third-order valence-corrected chi connectivity index (χ3v) is 3.43. The van der Waals surface area contributed by atoms with Crippen molar-refractivity contribution in [3.8, 4) is 0 Å². The van der Waals surface area contributed by atoms with Crippen LogP contribution in [0.15, 0.2) is 72.8 Å². The van der Waals surface area contributed by atoms with E-state index < -0.39 is 11.8 Å². The second-order valence-electron chi connectivity index (χ2n) is 5.16. The van der Waals surface area contributed by atoms with Crippen LogP contribution in [0.5, 0.6) is 0 Å². The summed E-state index contributed by atoms with van der Waals surface area (Å²) >= 11 is 0. The van der Waals surface area contributed by atoms with E-state index in [-0.39, 0.29) is 5.56 Å². The van der Waals surface area contributed by atoms with E-state index in [1.54, 1.807) is 12.1 Å². The average molecular weight is 322 g/mol. The van der Waals surface area contributed by atoms with Crippen molar-refractivity contribution < 1.29 is 14.3 Å². The lowest BCUT2D eigenvalue weighted by molar-refractivity contribution is 0.0697. The van der Waals surface area contributed by atoms with E-state index >= 15 is 0 Å². The highest BCUT2D eigenvalue weighted by atomic mass is 19.1. The molecule has 0 aliphatic heterocycles. The molecule has 0 fully saturated rings. The van der Waals surface area contributed by atoms with Gasteiger partial charge in [-0.1, -0.05) is 36.4 Å². The Hall–Kier alpha value is -3.34. The van der Waals surface area contributed by atoms with Crippen molar-refractivity contribution in [2.45, 2.75) is 0 Å². The van der Waals surface area contributed by atoms with E-state index in [4.69, 9.17) is 0 Å². The standard InChI is InChI=1S/C19H15FN2O2/c20-13-11-16(19(23)24)18(22-15-9-5-2-6-10-15)17(12-13)21-14-7-3-1-4-8-14/h1-12,21-22H,(H,23,24). The van der Waals surface area contributed by atoms with Gasteiger partial charge in [0.2, 0.25) is 0 Å². The van der Waals surface area contributed by atoms with Crippen LogP contribution in [0, 0.1) is 5.82 Å². The van der Waals surface area contributed by atoms with Crippen molar-refractivity contribution in [1.29, 1.82) is 0 Å². The smallest absolute Gasteiger partial charge is 0.337 e. The first-order chi connectivity index (χ1) is 11.6. The number of halogens is 1. The van der Waals surface area contributed by atoms with Crippen molar-refractivity contribution in [2.24, 2.45) is 0 Å². The number of anilines is 4. The van der Waals surface area contributed by atoms with Crippen molar-refractivity contribution in [3.63, 3.8) is 0 Å². The van der Waals surface area contributed by atoms with Gasteiger partial charge in [-0.05, 0) is 36.4 Å². The van der Waals surface area contributed by atoms with Crippen LogP contribution in [0.1, 0.15) is 10.4 Å². The lowest BCUT2D eigenvalue weighted by Crippen LogP contribution is -2.07. The summed E-state index contributed by atoms with van der Waals surface area (Å²) in [5, 5.41) is 15.5. The molecule has 0 spiro atoms. The van der Waals surface area contributed by atoms with Crippen LogP contribution in [-0.2, 0) is 0 Å². The molecule has 0 radical (unpaired) electrons. The van der Waals surface area contributed by atoms with Gasteiger partial charge < -0.3 is 15.7 Å². The number of rotatable bonds is 5. The second-order valence-corrected chi connectivity index (χ2v) is 5.16. The summed E-state index contributed by atoms with van der Waals surface area (Å²) in [7, 11) is 0. The summed E-state index contributed by atoms with van der Waals surface area (Å²) in [6, 6.07) is 20.6. The third-order valence-electron chi connectivity index (χ3n) is 3.43. The lowest BCUT2D eigenvalue weighted by atomic mass is 10.1. The molecule has 0 unspecified atom stereocenters. The van der Waals surface area contributed by atoms with E-state index in [0.717, 1.165) is 11.8 Å². The summed E-state index contributed by atoms with van der Waals surface area (Å²) < 4.78 is 13.9. The third kappa shape index (κ3) is 3.52. The SMILES string of the molecule is O=C(O)c1cc(F)cc(Nc2ccccc2)c1Nc1ccccc1. The monoisotopic (exact) mass is 322 g/mol. The summed E-state index contributed by atoms with van der Waals surface area (Å²) in [4.78, 5) is 11.5. The van der Waals surface area contributed by atoms with E-state index in [2.05, 4.69) is 10.6 Å². The van der Waals surface area contributed by atoms with Crippen LogP contribution in [-0.4, -0.2) is 11.1 Å². The predicted molar refractivity (Wildman–Crippen MR) is 92.8 cm³/mol. The van der Waals surface area contributed by atoms with E-state index in [9.17, 15) is 14.3 Å². The first-order valence-electron chi connectivity index (χ1n) is 7.34. The molecule has 120 valence electrons. The van der Waals surface area contributed by atoms with Gasteiger partial charge in [-0.25, -0.2) is 9.18 Å². The van der Waals surface area contributed by atoms with Crippen molar-refractivity contribution in [2.75, 3.05) is 10.6 Å². The van der Waals surface area contributed by atoms with Gasteiger partial charge in [0.25, 0.3) is 0 Å². The van der Waals surface area contributed by atoms with Crippen LogP contribution in [0.25, 0.3) is 0 Å². The first-order valence-corrected chi connectivity index (χ1v) is 7.34. The maximum atomic E-state index is 13.9. The Balaban J connectivity index is 2.07. The molecule has 4 nitrogen and oxygen atoms in total. The molecule has 0 amide bonds. The largest absolute Gasteiger partial charge is 0.478 e. The Morgan fingerprint density at radius 3 is 1.92 bits per heavy atom. The van der Waals surface area contributed by atoms with Gasteiger partial charge in [0.05, 0.1) is 16.9 Å². The zero-order chi connectivity index (χ0) is 16.9. The Morgan fingerprint density at radius 2 is 1.38 bits per heavy atom. The molecule has 0 atom stereocenters. The lowest BCUT2D eigenvalue weighted by Gasteiger charge is -2.17. The van der Waals surface area contributed by atoms with Crippen molar-refractivity contribution in [3.05, 3.63) is 84.2 Å². The number of benzene rings is 3. The molecule has 3 aromatic carbocycles. The highest BCUT2D eigenvalue weighted by molar-refractivity contribution is 6.00. The topological polar surface area (TPSA) is 61.4 Å². The minimum Gasteiger partial charge on any atom is -0.478 e. The number of carboxylic acids is 1. The van der Waals surface area contributed by atoms with Crippen LogP contribution in [0.4, 0.5) is 27.1 Å². The molecule has 0 aliphatic rings. The zero-order valence-corrected chi connectivity index (χ0v) is 12.7. The van der Waals surface area contributed by atoms with Gasteiger partial charge >= 0.3 is 5.97 Å². The molecule has 5 heteroatoms. The number of hydrogen-bond donors (Lipinski definition) is 3. The summed E-state index contributed by atoms with van der Waals surface area (Å²) in [5.74, 6) is -1.83. The fourth-order valence-corrected chi connectivity index (χ4v) is 2.35. The van der Waals surface area contributed by atoms with E-state index in [1.165, 1.54) is 6.07 Å². The number of nitrogens with one attached hydrogen (secondary N) is 2. The summed E-state index contributed by atoms with van der Waals surface area (Å²) in [6.45, 7) is 0. The molecule has 0 aromatic heterocycles. The molecular weight excluding hydrogens is 307 g/mol. The second kappa shape index (κ2) is 6.83. The minimum atomic E-state index is -1.20. The molecule has 24 heavy (non-hydrogen) atoms. The molecule has 0 aliphatic carbocycles. The molecule has 3 aromatic rings. The first kappa shape index (κ1) is 15.6. The normalized spacial score (nSPS) is 10.2. The summed E-state index contributed by atoms with van der Waals surface area (Å²) in [6.07, 6.45) is 0. The molecule has 0 bridgehead atoms. The molecule has 0 saturated heterocycles. The maximum absolute atomic E-state index is 13.9.